The molecule has 0 amide bonds. The van der Waals surface area contributed by atoms with Crippen molar-refractivity contribution in [2.45, 2.75) is 32.8 Å². The van der Waals surface area contributed by atoms with Gasteiger partial charge in [0.1, 0.15) is 5.69 Å². The summed E-state index contributed by atoms with van der Waals surface area (Å²) in [5, 5.41) is 13.6. The van der Waals surface area contributed by atoms with Gasteiger partial charge in [-0.2, -0.15) is 4.39 Å². The van der Waals surface area contributed by atoms with Crippen molar-refractivity contribution >= 4 is 11.4 Å². The van der Waals surface area contributed by atoms with Crippen molar-refractivity contribution in [3.8, 4) is 0 Å². The van der Waals surface area contributed by atoms with Gasteiger partial charge in [-0.15, -0.1) is 0 Å². The fraction of sp³-hybridized carbons (Fsp3) is 0.538. The lowest BCUT2D eigenvalue weighted by molar-refractivity contribution is -0.386. The van der Waals surface area contributed by atoms with E-state index in [4.69, 9.17) is 4.74 Å². The molecule has 0 atom stereocenters. The summed E-state index contributed by atoms with van der Waals surface area (Å²) in [7, 11) is 0. The third-order valence-electron chi connectivity index (χ3n) is 2.51. The van der Waals surface area contributed by atoms with E-state index < -0.39 is 16.4 Å². The Balaban J connectivity index is 2.41. The number of nitro benzene ring substituents is 1. The molecule has 0 aromatic heterocycles. The van der Waals surface area contributed by atoms with E-state index in [2.05, 4.69) is 5.32 Å². The number of unbranched alkanes of at least 4 members (excludes halogenated alkanes) is 1. The summed E-state index contributed by atoms with van der Waals surface area (Å²) in [5.41, 5.74) is -0.282. The lowest BCUT2D eigenvalue weighted by Gasteiger charge is -2.09. The van der Waals surface area contributed by atoms with E-state index in [0.29, 0.717) is 13.2 Å². The predicted molar refractivity (Wildman–Crippen MR) is 71.9 cm³/mol. The second-order valence-electron chi connectivity index (χ2n) is 4.45. The normalized spacial score (nSPS) is 10.7. The third kappa shape index (κ3) is 5.21. The molecule has 0 aliphatic carbocycles. The molecule has 5 nitrogen and oxygen atoms in total. The van der Waals surface area contributed by atoms with Gasteiger partial charge >= 0.3 is 5.69 Å². The fourth-order valence-corrected chi connectivity index (χ4v) is 1.61. The van der Waals surface area contributed by atoms with Gasteiger partial charge in [0.2, 0.25) is 5.82 Å². The van der Waals surface area contributed by atoms with E-state index in [1.54, 1.807) is 0 Å². The Morgan fingerprint density at radius 3 is 2.79 bits per heavy atom. The molecule has 0 saturated heterocycles. The molecular weight excluding hydrogens is 251 g/mol. The number of nitro groups is 1. The molecule has 0 spiro atoms. The fourth-order valence-electron chi connectivity index (χ4n) is 1.61. The van der Waals surface area contributed by atoms with Crippen LogP contribution in [0.5, 0.6) is 0 Å². The van der Waals surface area contributed by atoms with Gasteiger partial charge in [-0.1, -0.05) is 6.07 Å². The van der Waals surface area contributed by atoms with Crippen LogP contribution in [0.4, 0.5) is 15.8 Å². The summed E-state index contributed by atoms with van der Waals surface area (Å²) in [4.78, 5) is 10.0. The third-order valence-corrected chi connectivity index (χ3v) is 2.51. The smallest absolute Gasteiger partial charge is 0.327 e. The molecule has 6 heteroatoms. The van der Waals surface area contributed by atoms with Gasteiger partial charge in [0.25, 0.3) is 0 Å². The number of anilines is 1. The second-order valence-corrected chi connectivity index (χ2v) is 4.45. The van der Waals surface area contributed by atoms with Crippen molar-refractivity contribution in [1.82, 2.24) is 0 Å². The maximum atomic E-state index is 13.3. The predicted octanol–water partition coefficient (Wildman–Crippen LogP) is 3.35. The zero-order valence-electron chi connectivity index (χ0n) is 11.2. The molecule has 1 N–H and O–H groups in total. The number of hydrogen-bond acceptors (Lipinski definition) is 4. The Morgan fingerprint density at radius 2 is 2.16 bits per heavy atom. The summed E-state index contributed by atoms with van der Waals surface area (Å²) >= 11 is 0. The molecule has 0 unspecified atom stereocenters. The molecule has 0 aliphatic rings. The topological polar surface area (TPSA) is 64.4 Å². The maximum absolute atomic E-state index is 13.3. The van der Waals surface area contributed by atoms with Gasteiger partial charge in [0.15, 0.2) is 0 Å². The number of hydrogen-bond donors (Lipinski definition) is 1. The first-order chi connectivity index (χ1) is 9.02. The van der Waals surface area contributed by atoms with Gasteiger partial charge in [0, 0.05) is 13.2 Å². The Hall–Kier alpha value is -1.69. The molecule has 19 heavy (non-hydrogen) atoms. The summed E-state index contributed by atoms with van der Waals surface area (Å²) < 4.78 is 18.7. The van der Waals surface area contributed by atoms with Crippen molar-refractivity contribution < 1.29 is 14.1 Å². The molecule has 1 aromatic rings. The molecule has 0 aliphatic heterocycles. The van der Waals surface area contributed by atoms with Crippen LogP contribution in [-0.2, 0) is 4.74 Å². The van der Waals surface area contributed by atoms with Crippen molar-refractivity contribution in [2.75, 3.05) is 18.5 Å². The van der Waals surface area contributed by atoms with Crippen molar-refractivity contribution in [3.63, 3.8) is 0 Å². The molecule has 0 heterocycles. The van der Waals surface area contributed by atoms with Crippen LogP contribution >= 0.6 is 0 Å². The largest absolute Gasteiger partial charge is 0.379 e. The van der Waals surface area contributed by atoms with Crippen LogP contribution < -0.4 is 5.32 Å². The monoisotopic (exact) mass is 270 g/mol. The average molecular weight is 270 g/mol. The van der Waals surface area contributed by atoms with Gasteiger partial charge in [-0.05, 0) is 38.8 Å². The number of benzene rings is 1. The van der Waals surface area contributed by atoms with Crippen LogP contribution in [0.1, 0.15) is 26.7 Å². The summed E-state index contributed by atoms with van der Waals surface area (Å²) in [6.45, 7) is 5.14. The highest BCUT2D eigenvalue weighted by Crippen LogP contribution is 2.26. The van der Waals surface area contributed by atoms with Gasteiger partial charge in [-0.25, -0.2) is 0 Å². The number of para-hydroxylation sites is 1. The Bertz CT molecular complexity index is 424. The SMILES string of the molecule is CC(C)OCCCCNc1cccc(F)c1[N+](=O)[O-]. The molecule has 0 radical (unpaired) electrons. The first-order valence-corrected chi connectivity index (χ1v) is 6.30. The molecule has 0 saturated carbocycles. The summed E-state index contributed by atoms with van der Waals surface area (Å²) in [6.07, 6.45) is 1.87. The lowest BCUT2D eigenvalue weighted by atomic mass is 10.2. The van der Waals surface area contributed by atoms with Crippen molar-refractivity contribution in [3.05, 3.63) is 34.1 Å². The molecule has 0 fully saturated rings. The van der Waals surface area contributed by atoms with Crippen LogP contribution in [0, 0.1) is 15.9 Å². The molecular formula is C13H19FN2O3. The summed E-state index contributed by atoms with van der Waals surface area (Å²) in [6, 6.07) is 4.04. The zero-order valence-corrected chi connectivity index (χ0v) is 11.2. The number of nitrogens with one attached hydrogen (secondary N) is 1. The van der Waals surface area contributed by atoms with Gasteiger partial charge in [-0.3, -0.25) is 10.1 Å². The van der Waals surface area contributed by atoms with E-state index in [0.717, 1.165) is 18.9 Å². The molecule has 1 aromatic carbocycles. The Kier molecular flexibility index (Phi) is 6.21. The van der Waals surface area contributed by atoms with Crippen LogP contribution in [0.25, 0.3) is 0 Å². The van der Waals surface area contributed by atoms with Gasteiger partial charge in [0.05, 0.1) is 11.0 Å². The first-order valence-electron chi connectivity index (χ1n) is 6.30. The second kappa shape index (κ2) is 7.68. The van der Waals surface area contributed by atoms with Crippen molar-refractivity contribution in [1.29, 1.82) is 0 Å². The minimum Gasteiger partial charge on any atom is -0.379 e. The highest BCUT2D eigenvalue weighted by molar-refractivity contribution is 5.61. The maximum Gasteiger partial charge on any atom is 0.327 e. The molecule has 106 valence electrons. The number of halogens is 1. The van der Waals surface area contributed by atoms with Crippen LogP contribution in [0.2, 0.25) is 0 Å². The highest BCUT2D eigenvalue weighted by Gasteiger charge is 2.18. The minimum absolute atomic E-state index is 0.206. The van der Waals surface area contributed by atoms with E-state index in [9.17, 15) is 14.5 Å². The Labute approximate surface area is 111 Å². The van der Waals surface area contributed by atoms with Crippen LogP contribution in [-0.4, -0.2) is 24.2 Å². The number of nitrogens with zero attached hydrogens (tertiary/aromatic N) is 1. The molecule has 1 rings (SSSR count). The minimum atomic E-state index is -0.821. The number of rotatable bonds is 8. The standard InChI is InChI=1S/C13H19FN2O3/c1-10(2)19-9-4-3-8-15-12-7-5-6-11(14)13(12)16(17)18/h5-7,10,15H,3-4,8-9H2,1-2H3. The first kappa shape index (κ1) is 15.4. The number of ether oxygens (including phenoxy) is 1. The summed E-state index contributed by atoms with van der Waals surface area (Å²) in [5.74, 6) is -0.821. The van der Waals surface area contributed by atoms with Crippen LogP contribution in [0.15, 0.2) is 18.2 Å². The average Bonchev–Trinajstić information content (AvgIpc) is 2.32. The highest BCUT2D eigenvalue weighted by atomic mass is 19.1. The zero-order chi connectivity index (χ0) is 14.3. The van der Waals surface area contributed by atoms with E-state index >= 15 is 0 Å². The molecule has 0 bridgehead atoms. The van der Waals surface area contributed by atoms with E-state index in [-0.39, 0.29) is 11.8 Å². The van der Waals surface area contributed by atoms with Crippen molar-refractivity contribution in [2.24, 2.45) is 0 Å². The quantitative estimate of drug-likeness (QED) is 0.447. The van der Waals surface area contributed by atoms with Crippen LogP contribution in [0.3, 0.4) is 0 Å². The van der Waals surface area contributed by atoms with E-state index in [1.165, 1.54) is 12.1 Å². The lowest BCUT2D eigenvalue weighted by Crippen LogP contribution is -2.08. The van der Waals surface area contributed by atoms with Gasteiger partial charge < -0.3 is 10.1 Å². The Morgan fingerprint density at radius 1 is 1.42 bits per heavy atom. The van der Waals surface area contributed by atoms with E-state index in [1.807, 2.05) is 13.8 Å².